The first-order valence-electron chi connectivity index (χ1n) is 7.14. The summed E-state index contributed by atoms with van der Waals surface area (Å²) in [6.07, 6.45) is 0. The molecule has 2 aromatic carbocycles. The van der Waals surface area contributed by atoms with Crippen molar-refractivity contribution in [3.8, 4) is 5.75 Å². The lowest BCUT2D eigenvalue weighted by atomic mass is 10.2. The number of halogens is 3. The van der Waals surface area contributed by atoms with Crippen LogP contribution in [0.4, 0.5) is 5.69 Å². The molecule has 1 amide bonds. The van der Waals surface area contributed by atoms with Crippen molar-refractivity contribution in [1.82, 2.24) is 4.31 Å². The molecule has 0 aliphatic carbocycles. The first kappa shape index (κ1) is 20.8. The van der Waals surface area contributed by atoms with Gasteiger partial charge in [0.2, 0.25) is 10.0 Å². The van der Waals surface area contributed by atoms with Crippen LogP contribution in [0.3, 0.4) is 0 Å². The summed E-state index contributed by atoms with van der Waals surface area (Å²) in [6, 6.07) is 6.88. The molecule has 0 aromatic heterocycles. The van der Waals surface area contributed by atoms with Crippen molar-refractivity contribution in [2.24, 2.45) is 0 Å². The van der Waals surface area contributed by atoms with Crippen LogP contribution in [0, 0.1) is 0 Å². The Kier molecular flexibility index (Phi) is 6.42. The fourth-order valence-corrected chi connectivity index (χ4v) is 3.70. The molecule has 0 atom stereocenters. The summed E-state index contributed by atoms with van der Waals surface area (Å²) in [7, 11) is 0.313. The van der Waals surface area contributed by atoms with E-state index in [-0.39, 0.29) is 37.0 Å². The third-order valence-corrected chi connectivity index (χ3v) is 6.31. The number of nitrogens with one attached hydrogen (secondary N) is 1. The average molecular weight is 438 g/mol. The molecule has 10 heteroatoms. The zero-order valence-electron chi connectivity index (χ0n) is 14.0. The molecule has 0 saturated heterocycles. The minimum absolute atomic E-state index is 0.105. The maximum absolute atomic E-state index is 12.5. The standard InChI is InChI=1S/C16H15Cl3N2O4S/c1-21(2)26(23,24)15-6-9(4-5-14(15)25-3)16(22)20-13-8-11(18)10(17)7-12(13)19/h4-8H,1-3H3,(H,20,22). The Labute approximate surface area is 166 Å². The van der Waals surface area contributed by atoms with Gasteiger partial charge in [0.25, 0.3) is 5.91 Å². The van der Waals surface area contributed by atoms with Crippen molar-refractivity contribution in [1.29, 1.82) is 0 Å². The van der Waals surface area contributed by atoms with Gasteiger partial charge in [-0.15, -0.1) is 0 Å². The van der Waals surface area contributed by atoms with Gasteiger partial charge in [-0.3, -0.25) is 4.79 Å². The van der Waals surface area contributed by atoms with E-state index >= 15 is 0 Å². The predicted octanol–water partition coefficient (Wildman–Crippen LogP) is 4.16. The minimum Gasteiger partial charge on any atom is -0.495 e. The lowest BCUT2D eigenvalue weighted by Gasteiger charge is -2.16. The third kappa shape index (κ3) is 4.24. The van der Waals surface area contributed by atoms with E-state index in [1.165, 1.54) is 51.5 Å². The summed E-state index contributed by atoms with van der Waals surface area (Å²) < 4.78 is 31.0. The quantitative estimate of drug-likeness (QED) is 0.713. The summed E-state index contributed by atoms with van der Waals surface area (Å²) in [5, 5.41) is 3.24. The SMILES string of the molecule is COc1ccc(C(=O)Nc2cc(Cl)c(Cl)cc2Cl)cc1S(=O)(=O)N(C)C. The molecule has 0 fully saturated rings. The lowest BCUT2D eigenvalue weighted by molar-refractivity contribution is 0.102. The van der Waals surface area contributed by atoms with E-state index in [0.29, 0.717) is 0 Å². The third-order valence-electron chi connectivity index (χ3n) is 3.44. The number of hydrogen-bond acceptors (Lipinski definition) is 4. The van der Waals surface area contributed by atoms with Crippen molar-refractivity contribution < 1.29 is 17.9 Å². The van der Waals surface area contributed by atoms with Gasteiger partial charge in [0.1, 0.15) is 10.6 Å². The zero-order valence-corrected chi connectivity index (χ0v) is 17.1. The number of methoxy groups -OCH3 is 1. The number of amides is 1. The highest BCUT2D eigenvalue weighted by Crippen LogP contribution is 2.33. The smallest absolute Gasteiger partial charge is 0.255 e. The monoisotopic (exact) mass is 436 g/mol. The normalized spacial score (nSPS) is 11.5. The van der Waals surface area contributed by atoms with Gasteiger partial charge in [0, 0.05) is 19.7 Å². The number of anilines is 1. The van der Waals surface area contributed by atoms with Gasteiger partial charge in [-0.2, -0.15) is 0 Å². The van der Waals surface area contributed by atoms with Crippen molar-refractivity contribution in [2.75, 3.05) is 26.5 Å². The largest absolute Gasteiger partial charge is 0.495 e. The summed E-state index contributed by atoms with van der Waals surface area (Å²) in [6.45, 7) is 0. The highest BCUT2D eigenvalue weighted by molar-refractivity contribution is 7.89. The highest BCUT2D eigenvalue weighted by Gasteiger charge is 2.24. The van der Waals surface area contributed by atoms with Gasteiger partial charge >= 0.3 is 0 Å². The molecule has 0 radical (unpaired) electrons. The van der Waals surface area contributed by atoms with Gasteiger partial charge < -0.3 is 10.1 Å². The Hall–Kier alpha value is -1.51. The Morgan fingerprint density at radius 2 is 1.65 bits per heavy atom. The van der Waals surface area contributed by atoms with Crippen LogP contribution in [0.1, 0.15) is 10.4 Å². The van der Waals surface area contributed by atoms with Crippen LogP contribution < -0.4 is 10.1 Å². The number of nitrogens with zero attached hydrogens (tertiary/aromatic N) is 1. The Balaban J connectivity index is 2.43. The van der Waals surface area contributed by atoms with E-state index in [0.717, 1.165) is 4.31 Å². The van der Waals surface area contributed by atoms with Crippen LogP contribution in [0.25, 0.3) is 0 Å². The van der Waals surface area contributed by atoms with Crippen LogP contribution >= 0.6 is 34.8 Å². The molecule has 0 aliphatic rings. The number of ether oxygens (including phenoxy) is 1. The maximum Gasteiger partial charge on any atom is 0.255 e. The average Bonchev–Trinajstić information content (AvgIpc) is 2.58. The molecule has 26 heavy (non-hydrogen) atoms. The molecule has 1 N–H and O–H groups in total. The van der Waals surface area contributed by atoms with Crippen LogP contribution in [-0.2, 0) is 10.0 Å². The van der Waals surface area contributed by atoms with Gasteiger partial charge in [0.15, 0.2) is 0 Å². The number of carbonyl (C=O) groups is 1. The number of hydrogen-bond donors (Lipinski definition) is 1. The molecule has 0 heterocycles. The second-order valence-electron chi connectivity index (χ2n) is 5.35. The van der Waals surface area contributed by atoms with Crippen LogP contribution in [0.15, 0.2) is 35.2 Å². The maximum atomic E-state index is 12.5. The fraction of sp³-hybridized carbons (Fsp3) is 0.188. The van der Waals surface area contributed by atoms with E-state index in [9.17, 15) is 13.2 Å². The van der Waals surface area contributed by atoms with Crippen LogP contribution in [-0.4, -0.2) is 39.8 Å². The zero-order chi connectivity index (χ0) is 19.6. The molecule has 0 spiro atoms. The summed E-state index contributed by atoms with van der Waals surface area (Å²) in [5.74, 6) is -0.439. The predicted molar refractivity (Wildman–Crippen MR) is 103 cm³/mol. The molecule has 0 bridgehead atoms. The number of benzene rings is 2. The summed E-state index contributed by atoms with van der Waals surface area (Å²) >= 11 is 17.8. The van der Waals surface area contributed by atoms with Gasteiger partial charge in [-0.1, -0.05) is 34.8 Å². The van der Waals surface area contributed by atoms with E-state index < -0.39 is 15.9 Å². The number of sulfonamides is 1. The van der Waals surface area contributed by atoms with Crippen LogP contribution in [0.2, 0.25) is 15.1 Å². The second kappa shape index (κ2) is 8.02. The molecule has 2 rings (SSSR count). The molecular weight excluding hydrogens is 423 g/mol. The van der Waals surface area contributed by atoms with Gasteiger partial charge in [0.05, 0.1) is 27.9 Å². The molecule has 0 saturated carbocycles. The number of carbonyl (C=O) groups excluding carboxylic acids is 1. The topological polar surface area (TPSA) is 75.7 Å². The van der Waals surface area contributed by atoms with Gasteiger partial charge in [-0.05, 0) is 30.3 Å². The van der Waals surface area contributed by atoms with E-state index in [1.54, 1.807) is 0 Å². The molecule has 6 nitrogen and oxygen atoms in total. The molecule has 0 aliphatic heterocycles. The molecular formula is C16H15Cl3N2O4S. The molecule has 0 unspecified atom stereocenters. The van der Waals surface area contributed by atoms with Crippen molar-refractivity contribution in [3.63, 3.8) is 0 Å². The molecule has 2 aromatic rings. The minimum atomic E-state index is -3.81. The van der Waals surface area contributed by atoms with Crippen LogP contribution in [0.5, 0.6) is 5.75 Å². The number of rotatable bonds is 5. The second-order valence-corrected chi connectivity index (χ2v) is 8.70. The van der Waals surface area contributed by atoms with E-state index in [4.69, 9.17) is 39.5 Å². The van der Waals surface area contributed by atoms with E-state index in [1.807, 2.05) is 0 Å². The Morgan fingerprint density at radius 3 is 2.23 bits per heavy atom. The highest BCUT2D eigenvalue weighted by atomic mass is 35.5. The summed E-state index contributed by atoms with van der Waals surface area (Å²) in [4.78, 5) is 12.4. The first-order valence-corrected chi connectivity index (χ1v) is 9.71. The van der Waals surface area contributed by atoms with E-state index in [2.05, 4.69) is 5.32 Å². The first-order chi connectivity index (χ1) is 12.1. The molecule has 140 valence electrons. The van der Waals surface area contributed by atoms with Crippen molar-refractivity contribution >= 4 is 56.4 Å². The Morgan fingerprint density at radius 1 is 1.04 bits per heavy atom. The van der Waals surface area contributed by atoms with Crippen molar-refractivity contribution in [2.45, 2.75) is 4.90 Å². The summed E-state index contributed by atoms with van der Waals surface area (Å²) in [5.41, 5.74) is 0.354. The van der Waals surface area contributed by atoms with Gasteiger partial charge in [-0.25, -0.2) is 12.7 Å². The Bertz CT molecular complexity index is 962. The fourth-order valence-electron chi connectivity index (χ4n) is 2.03. The van der Waals surface area contributed by atoms with Crippen molar-refractivity contribution in [3.05, 3.63) is 51.0 Å². The lowest BCUT2D eigenvalue weighted by Crippen LogP contribution is -2.23.